The Bertz CT molecular complexity index is 1350. The Morgan fingerprint density at radius 1 is 0.906 bits per heavy atom. The van der Waals surface area contributed by atoms with Gasteiger partial charge < -0.3 is 9.47 Å². The molecule has 8 heteroatoms. The highest BCUT2D eigenvalue weighted by Crippen LogP contribution is 2.37. The number of sulfonamides is 1. The average Bonchev–Trinajstić information content (AvgIpc) is 3.08. The largest absolute Gasteiger partial charge is 0.490 e. The molecular formula is C24H20ClNO4S2. The maximum absolute atomic E-state index is 13.4. The molecule has 1 N–H and O–H groups in total. The van der Waals surface area contributed by atoms with Crippen molar-refractivity contribution in [3.63, 3.8) is 0 Å². The molecule has 1 aromatic heterocycles. The lowest BCUT2D eigenvalue weighted by atomic mass is 10.1. The van der Waals surface area contributed by atoms with Gasteiger partial charge in [-0.2, -0.15) is 4.72 Å². The number of ether oxygens (including phenoxy) is 2. The van der Waals surface area contributed by atoms with Gasteiger partial charge in [0.2, 0.25) is 10.0 Å². The zero-order valence-electron chi connectivity index (χ0n) is 17.0. The van der Waals surface area contributed by atoms with Gasteiger partial charge in [0.25, 0.3) is 0 Å². The summed E-state index contributed by atoms with van der Waals surface area (Å²) in [6, 6.07) is 21.3. The van der Waals surface area contributed by atoms with Crippen molar-refractivity contribution in [3.8, 4) is 11.5 Å². The molecule has 0 bridgehead atoms. The normalized spacial score (nSPS) is 14.8. The zero-order chi connectivity index (χ0) is 22.1. The minimum atomic E-state index is -3.89. The lowest BCUT2D eigenvalue weighted by Crippen LogP contribution is -2.29. The van der Waals surface area contributed by atoms with E-state index in [2.05, 4.69) is 4.72 Å². The molecule has 0 aliphatic carbocycles. The van der Waals surface area contributed by atoms with Gasteiger partial charge in [-0.05, 0) is 41.3 Å². The van der Waals surface area contributed by atoms with Crippen LogP contribution in [0.1, 0.15) is 22.9 Å². The molecule has 0 radical (unpaired) electrons. The zero-order valence-corrected chi connectivity index (χ0v) is 19.3. The quantitative estimate of drug-likeness (QED) is 0.389. The van der Waals surface area contributed by atoms with Crippen molar-refractivity contribution in [2.45, 2.75) is 17.4 Å². The fourth-order valence-electron chi connectivity index (χ4n) is 3.66. The van der Waals surface area contributed by atoms with Crippen molar-refractivity contribution in [1.82, 2.24) is 4.72 Å². The molecule has 1 atom stereocenters. The SMILES string of the molecule is O=S(=O)(N[C@@H](c1cc2ccccc2s1)c1ccccc1Cl)c1ccc2c(c1)OCCCO2. The fourth-order valence-corrected chi connectivity index (χ4v) is 6.33. The molecule has 0 unspecified atom stereocenters. The molecule has 2 heterocycles. The average molecular weight is 486 g/mol. The van der Waals surface area contributed by atoms with Crippen LogP contribution in [0.15, 0.2) is 77.7 Å². The number of halogens is 1. The van der Waals surface area contributed by atoms with E-state index in [0.717, 1.165) is 21.4 Å². The van der Waals surface area contributed by atoms with E-state index in [1.165, 1.54) is 12.1 Å². The third-order valence-corrected chi connectivity index (χ3v) is 8.19. The summed E-state index contributed by atoms with van der Waals surface area (Å²) in [5.41, 5.74) is 0.693. The molecule has 5 rings (SSSR count). The van der Waals surface area contributed by atoms with Gasteiger partial charge in [0.15, 0.2) is 11.5 Å². The van der Waals surface area contributed by atoms with Crippen LogP contribution in [-0.2, 0) is 10.0 Å². The highest BCUT2D eigenvalue weighted by Gasteiger charge is 2.27. The number of thiophene rings is 1. The summed E-state index contributed by atoms with van der Waals surface area (Å²) in [6.07, 6.45) is 0.746. The topological polar surface area (TPSA) is 64.6 Å². The number of fused-ring (bicyclic) bond motifs is 2. The molecule has 164 valence electrons. The third kappa shape index (κ3) is 4.21. The first-order chi connectivity index (χ1) is 15.5. The van der Waals surface area contributed by atoms with Crippen LogP contribution in [0.3, 0.4) is 0 Å². The van der Waals surface area contributed by atoms with Crippen LogP contribution in [0.2, 0.25) is 5.02 Å². The second-order valence-electron chi connectivity index (χ2n) is 7.42. The van der Waals surface area contributed by atoms with Crippen molar-refractivity contribution in [1.29, 1.82) is 0 Å². The first kappa shape index (κ1) is 21.3. The first-order valence-corrected chi connectivity index (χ1v) is 12.8. The van der Waals surface area contributed by atoms with Gasteiger partial charge >= 0.3 is 0 Å². The van der Waals surface area contributed by atoms with Crippen molar-refractivity contribution in [3.05, 3.63) is 88.3 Å². The second kappa shape index (κ2) is 8.75. The van der Waals surface area contributed by atoms with Crippen LogP contribution in [-0.4, -0.2) is 21.6 Å². The Morgan fingerprint density at radius 3 is 2.47 bits per heavy atom. The maximum Gasteiger partial charge on any atom is 0.241 e. The maximum atomic E-state index is 13.4. The third-order valence-electron chi connectivity index (χ3n) is 5.25. The van der Waals surface area contributed by atoms with E-state index in [1.54, 1.807) is 23.5 Å². The fraction of sp³-hybridized carbons (Fsp3) is 0.167. The van der Waals surface area contributed by atoms with E-state index in [1.807, 2.05) is 48.5 Å². The summed E-state index contributed by atoms with van der Waals surface area (Å²) in [4.78, 5) is 0.970. The second-order valence-corrected chi connectivity index (χ2v) is 10.7. The predicted molar refractivity (Wildman–Crippen MR) is 127 cm³/mol. The number of benzene rings is 3. The van der Waals surface area contributed by atoms with Gasteiger partial charge in [-0.25, -0.2) is 8.42 Å². The van der Waals surface area contributed by atoms with Gasteiger partial charge in [-0.3, -0.25) is 0 Å². The highest BCUT2D eigenvalue weighted by molar-refractivity contribution is 7.89. The Kier molecular flexibility index (Phi) is 5.82. The Morgan fingerprint density at radius 2 is 1.66 bits per heavy atom. The van der Waals surface area contributed by atoms with Crippen LogP contribution in [0.4, 0.5) is 0 Å². The summed E-state index contributed by atoms with van der Waals surface area (Å²) in [7, 11) is -3.89. The lowest BCUT2D eigenvalue weighted by Gasteiger charge is -2.20. The predicted octanol–water partition coefficient (Wildman–Crippen LogP) is 5.78. The molecule has 32 heavy (non-hydrogen) atoms. The van der Waals surface area contributed by atoms with Gasteiger partial charge in [0.1, 0.15) is 0 Å². The Labute approximate surface area is 195 Å². The van der Waals surface area contributed by atoms with Gasteiger partial charge in [0, 0.05) is 27.1 Å². The summed E-state index contributed by atoms with van der Waals surface area (Å²) < 4.78 is 42.1. The van der Waals surface area contributed by atoms with Gasteiger partial charge in [-0.15, -0.1) is 11.3 Å². The van der Waals surface area contributed by atoms with Crippen LogP contribution in [0, 0.1) is 0 Å². The molecule has 1 aliphatic heterocycles. The van der Waals surface area contributed by atoms with E-state index in [9.17, 15) is 8.42 Å². The minimum absolute atomic E-state index is 0.111. The Hall–Kier alpha value is -2.58. The van der Waals surface area contributed by atoms with E-state index < -0.39 is 16.1 Å². The van der Waals surface area contributed by atoms with Crippen LogP contribution in [0.5, 0.6) is 11.5 Å². The van der Waals surface area contributed by atoms with E-state index in [-0.39, 0.29) is 4.90 Å². The lowest BCUT2D eigenvalue weighted by molar-refractivity contribution is 0.297. The molecule has 0 spiro atoms. The molecular weight excluding hydrogens is 466 g/mol. The number of hydrogen-bond donors (Lipinski definition) is 1. The van der Waals surface area contributed by atoms with E-state index in [0.29, 0.717) is 35.3 Å². The molecule has 0 saturated heterocycles. The van der Waals surface area contributed by atoms with Crippen LogP contribution < -0.4 is 14.2 Å². The van der Waals surface area contributed by atoms with Crippen molar-refractivity contribution in [2.75, 3.05) is 13.2 Å². The number of rotatable bonds is 5. The molecule has 5 nitrogen and oxygen atoms in total. The molecule has 4 aromatic rings. The molecule has 3 aromatic carbocycles. The summed E-state index contributed by atoms with van der Waals surface area (Å²) in [6.45, 7) is 1.02. The number of nitrogens with one attached hydrogen (secondary N) is 1. The summed E-state index contributed by atoms with van der Waals surface area (Å²) in [5, 5.41) is 1.55. The summed E-state index contributed by atoms with van der Waals surface area (Å²) in [5.74, 6) is 0.982. The van der Waals surface area contributed by atoms with Crippen LogP contribution >= 0.6 is 22.9 Å². The van der Waals surface area contributed by atoms with Crippen LogP contribution in [0.25, 0.3) is 10.1 Å². The molecule has 1 aliphatic rings. The van der Waals surface area contributed by atoms with E-state index >= 15 is 0 Å². The summed E-state index contributed by atoms with van der Waals surface area (Å²) >= 11 is 8.03. The molecule has 0 saturated carbocycles. The van der Waals surface area contributed by atoms with Gasteiger partial charge in [-0.1, -0.05) is 48.0 Å². The highest BCUT2D eigenvalue weighted by atomic mass is 35.5. The van der Waals surface area contributed by atoms with E-state index in [4.69, 9.17) is 21.1 Å². The van der Waals surface area contributed by atoms with Crippen molar-refractivity contribution < 1.29 is 17.9 Å². The standard InChI is InChI=1S/C24H20ClNO4S2/c25-19-8-3-2-7-18(19)24(23-14-16-6-1-4-9-22(16)31-23)26-32(27,28)17-10-11-20-21(15-17)30-13-5-12-29-20/h1-4,6-11,14-15,24,26H,5,12-13H2/t24-/m1/s1. The van der Waals surface area contributed by atoms with Gasteiger partial charge in [0.05, 0.1) is 24.2 Å². The Balaban J connectivity index is 1.56. The van der Waals surface area contributed by atoms with Crippen molar-refractivity contribution in [2.24, 2.45) is 0 Å². The first-order valence-electron chi connectivity index (χ1n) is 10.2. The monoisotopic (exact) mass is 485 g/mol. The smallest absolute Gasteiger partial charge is 0.241 e. The molecule has 0 fully saturated rings. The van der Waals surface area contributed by atoms with Crippen molar-refractivity contribution >= 4 is 43.0 Å². The minimum Gasteiger partial charge on any atom is -0.490 e. The molecule has 0 amide bonds. The number of hydrogen-bond acceptors (Lipinski definition) is 5.